The average Bonchev–Trinajstić information content (AvgIpc) is 2.87. The number of nitrogens with two attached hydrogens (primary N) is 1. The fourth-order valence-electron chi connectivity index (χ4n) is 2.87. The molecule has 1 fully saturated rings. The third-order valence-electron chi connectivity index (χ3n) is 4.33. The fourth-order valence-corrected chi connectivity index (χ4v) is 2.87. The summed E-state index contributed by atoms with van der Waals surface area (Å²) >= 11 is 0. The molecule has 0 bridgehead atoms. The number of pyridine rings is 1. The van der Waals surface area contributed by atoms with Gasteiger partial charge in [0.1, 0.15) is 0 Å². The predicted octanol–water partition coefficient (Wildman–Crippen LogP) is 1.73. The van der Waals surface area contributed by atoms with Gasteiger partial charge in [-0.05, 0) is 38.7 Å². The molecule has 2 N–H and O–H groups in total. The number of amides is 1. The van der Waals surface area contributed by atoms with E-state index >= 15 is 0 Å². The molecule has 112 valence electrons. The van der Waals surface area contributed by atoms with E-state index in [2.05, 4.69) is 10.1 Å². The molecule has 2 aromatic heterocycles. The Bertz CT molecular complexity index is 657. The molecule has 0 aromatic carbocycles. The van der Waals surface area contributed by atoms with Crippen molar-refractivity contribution in [3.05, 3.63) is 23.5 Å². The van der Waals surface area contributed by atoms with Crippen LogP contribution in [0.1, 0.15) is 35.8 Å². The first kappa shape index (κ1) is 14.0. The quantitative estimate of drug-likeness (QED) is 0.909. The Balaban J connectivity index is 1.76. The van der Waals surface area contributed by atoms with Gasteiger partial charge >= 0.3 is 0 Å². The SMILES string of the molecule is Cc1noc2ncc(C(=O)N3CCC(C(C)N)CC3)cc12. The second kappa shape index (κ2) is 5.44. The van der Waals surface area contributed by atoms with Crippen LogP contribution in [0.15, 0.2) is 16.8 Å². The highest BCUT2D eigenvalue weighted by Gasteiger charge is 2.26. The highest BCUT2D eigenvalue weighted by atomic mass is 16.5. The Labute approximate surface area is 123 Å². The van der Waals surface area contributed by atoms with Crippen LogP contribution >= 0.6 is 0 Å². The van der Waals surface area contributed by atoms with Gasteiger partial charge in [0.2, 0.25) is 0 Å². The number of likely N-dealkylation sites (tertiary alicyclic amines) is 1. The standard InChI is InChI=1S/C15H20N4O2/c1-9(16)11-3-5-19(6-4-11)15(20)12-7-13-10(2)18-21-14(13)17-8-12/h7-9,11H,3-6,16H2,1-2H3. The lowest BCUT2D eigenvalue weighted by atomic mass is 9.91. The minimum atomic E-state index is 0.0214. The predicted molar refractivity (Wildman–Crippen MR) is 78.8 cm³/mol. The summed E-state index contributed by atoms with van der Waals surface area (Å²) in [6.07, 6.45) is 3.49. The molecule has 3 heterocycles. The number of aryl methyl sites for hydroxylation is 1. The Hall–Kier alpha value is -1.95. The maximum absolute atomic E-state index is 12.6. The van der Waals surface area contributed by atoms with E-state index in [0.717, 1.165) is 37.0 Å². The summed E-state index contributed by atoms with van der Waals surface area (Å²) in [6.45, 7) is 5.39. The summed E-state index contributed by atoms with van der Waals surface area (Å²) in [4.78, 5) is 18.6. The van der Waals surface area contributed by atoms with Gasteiger partial charge in [0.05, 0.1) is 16.6 Å². The van der Waals surface area contributed by atoms with E-state index in [1.54, 1.807) is 6.20 Å². The van der Waals surface area contributed by atoms with Crippen molar-refractivity contribution in [2.45, 2.75) is 32.7 Å². The van der Waals surface area contributed by atoms with Gasteiger partial charge in [-0.15, -0.1) is 0 Å². The fraction of sp³-hybridized carbons (Fsp3) is 0.533. The highest BCUT2D eigenvalue weighted by Crippen LogP contribution is 2.22. The topological polar surface area (TPSA) is 85.2 Å². The molecule has 0 radical (unpaired) electrons. The highest BCUT2D eigenvalue weighted by molar-refractivity contribution is 5.97. The number of hydrogen-bond donors (Lipinski definition) is 1. The van der Waals surface area contributed by atoms with Crippen LogP contribution in [-0.2, 0) is 0 Å². The van der Waals surface area contributed by atoms with E-state index in [0.29, 0.717) is 17.2 Å². The molecule has 0 aliphatic carbocycles. The maximum Gasteiger partial charge on any atom is 0.257 e. The number of aromatic nitrogens is 2. The largest absolute Gasteiger partial charge is 0.339 e. The summed E-state index contributed by atoms with van der Waals surface area (Å²) in [5.41, 5.74) is 7.75. The molecule has 1 atom stereocenters. The minimum absolute atomic E-state index is 0.0214. The first-order chi connectivity index (χ1) is 10.1. The third-order valence-corrected chi connectivity index (χ3v) is 4.33. The zero-order valence-corrected chi connectivity index (χ0v) is 12.4. The molecular weight excluding hydrogens is 268 g/mol. The minimum Gasteiger partial charge on any atom is -0.339 e. The molecule has 3 rings (SSSR count). The molecule has 0 saturated carbocycles. The van der Waals surface area contributed by atoms with Gasteiger partial charge < -0.3 is 15.2 Å². The normalized spacial score (nSPS) is 18.1. The summed E-state index contributed by atoms with van der Waals surface area (Å²) in [5, 5.41) is 4.66. The molecule has 6 nitrogen and oxygen atoms in total. The lowest BCUT2D eigenvalue weighted by Crippen LogP contribution is -2.42. The second-order valence-corrected chi connectivity index (χ2v) is 5.83. The number of nitrogens with zero attached hydrogens (tertiary/aromatic N) is 3. The summed E-state index contributed by atoms with van der Waals surface area (Å²) < 4.78 is 5.07. The maximum atomic E-state index is 12.6. The third kappa shape index (κ3) is 2.63. The molecule has 0 spiro atoms. The van der Waals surface area contributed by atoms with Gasteiger partial charge in [0.15, 0.2) is 0 Å². The van der Waals surface area contributed by atoms with Crippen molar-refractivity contribution in [3.63, 3.8) is 0 Å². The Morgan fingerprint density at radius 2 is 2.19 bits per heavy atom. The van der Waals surface area contributed by atoms with E-state index in [4.69, 9.17) is 10.3 Å². The number of piperidine rings is 1. The number of carbonyl (C=O) groups is 1. The van der Waals surface area contributed by atoms with Gasteiger partial charge in [-0.25, -0.2) is 4.98 Å². The smallest absolute Gasteiger partial charge is 0.257 e. The van der Waals surface area contributed by atoms with Gasteiger partial charge in [-0.1, -0.05) is 5.16 Å². The first-order valence-corrected chi connectivity index (χ1v) is 7.33. The molecule has 6 heteroatoms. The number of carbonyl (C=O) groups excluding carboxylic acids is 1. The molecule has 1 amide bonds. The van der Waals surface area contributed by atoms with Crippen molar-refractivity contribution in [1.29, 1.82) is 0 Å². The molecule has 1 saturated heterocycles. The summed E-state index contributed by atoms with van der Waals surface area (Å²) in [7, 11) is 0. The van der Waals surface area contributed by atoms with Gasteiger partial charge in [-0.3, -0.25) is 4.79 Å². The molecule has 1 aliphatic heterocycles. The number of rotatable bonds is 2. The van der Waals surface area contributed by atoms with Crippen LogP contribution in [0.5, 0.6) is 0 Å². The summed E-state index contributed by atoms with van der Waals surface area (Å²) in [5.74, 6) is 0.531. The monoisotopic (exact) mass is 288 g/mol. The van der Waals surface area contributed by atoms with Crippen LogP contribution in [0.3, 0.4) is 0 Å². The van der Waals surface area contributed by atoms with Crippen LogP contribution in [0, 0.1) is 12.8 Å². The number of hydrogen-bond acceptors (Lipinski definition) is 5. The zero-order chi connectivity index (χ0) is 15.0. The Morgan fingerprint density at radius 1 is 1.48 bits per heavy atom. The van der Waals surface area contributed by atoms with Gasteiger partial charge in [0.25, 0.3) is 11.6 Å². The summed E-state index contributed by atoms with van der Waals surface area (Å²) in [6, 6.07) is 2.01. The lowest BCUT2D eigenvalue weighted by molar-refractivity contribution is 0.0681. The molecule has 2 aromatic rings. The van der Waals surface area contributed by atoms with Gasteiger partial charge in [-0.2, -0.15) is 0 Å². The van der Waals surface area contributed by atoms with Crippen molar-refractivity contribution in [2.24, 2.45) is 11.7 Å². The zero-order valence-electron chi connectivity index (χ0n) is 12.4. The number of fused-ring (bicyclic) bond motifs is 1. The van der Waals surface area contributed by atoms with Gasteiger partial charge in [0, 0.05) is 25.3 Å². The van der Waals surface area contributed by atoms with Crippen molar-refractivity contribution >= 4 is 17.0 Å². The van der Waals surface area contributed by atoms with E-state index in [9.17, 15) is 4.79 Å². The van der Waals surface area contributed by atoms with Crippen molar-refractivity contribution < 1.29 is 9.32 Å². The Morgan fingerprint density at radius 3 is 2.86 bits per heavy atom. The van der Waals surface area contributed by atoms with Crippen molar-refractivity contribution in [2.75, 3.05) is 13.1 Å². The van der Waals surface area contributed by atoms with Crippen molar-refractivity contribution in [1.82, 2.24) is 15.0 Å². The Kier molecular flexibility index (Phi) is 3.63. The molecule has 1 aliphatic rings. The van der Waals surface area contributed by atoms with E-state index in [-0.39, 0.29) is 11.9 Å². The first-order valence-electron chi connectivity index (χ1n) is 7.33. The van der Waals surface area contributed by atoms with Crippen LogP contribution in [0.25, 0.3) is 11.1 Å². The molecule has 21 heavy (non-hydrogen) atoms. The molecule has 1 unspecified atom stereocenters. The van der Waals surface area contributed by atoms with Crippen LogP contribution in [0.2, 0.25) is 0 Å². The van der Waals surface area contributed by atoms with Crippen molar-refractivity contribution in [3.8, 4) is 0 Å². The molecular formula is C15H20N4O2. The van der Waals surface area contributed by atoms with Crippen LogP contribution in [-0.4, -0.2) is 40.1 Å². The van der Waals surface area contributed by atoms with Crippen LogP contribution in [0.4, 0.5) is 0 Å². The average molecular weight is 288 g/mol. The van der Waals surface area contributed by atoms with Crippen LogP contribution < -0.4 is 5.73 Å². The lowest BCUT2D eigenvalue weighted by Gasteiger charge is -2.33. The van der Waals surface area contributed by atoms with E-state index in [1.807, 2.05) is 24.8 Å². The van der Waals surface area contributed by atoms with E-state index in [1.165, 1.54) is 0 Å². The second-order valence-electron chi connectivity index (χ2n) is 5.83. The van der Waals surface area contributed by atoms with E-state index < -0.39 is 0 Å².